The van der Waals surface area contributed by atoms with Gasteiger partial charge in [0.1, 0.15) is 0 Å². The Bertz CT molecular complexity index is 597. The van der Waals surface area contributed by atoms with E-state index in [9.17, 15) is 0 Å². The molecule has 1 aromatic rings. The maximum Gasteiger partial charge on any atom is 0.461 e. The molecule has 0 spiro atoms. The average molecular weight is 326 g/mol. The van der Waals surface area contributed by atoms with Crippen LogP contribution in [0.15, 0.2) is 30.3 Å². The molecular formula is C21H31BO2. The van der Waals surface area contributed by atoms with Crippen LogP contribution in [0.25, 0.3) is 0 Å². The molecule has 130 valence electrons. The Morgan fingerprint density at radius 2 is 1.75 bits per heavy atom. The second-order valence-electron chi connectivity index (χ2n) is 9.60. The summed E-state index contributed by atoms with van der Waals surface area (Å²) in [6.07, 6.45) is 3.74. The highest BCUT2D eigenvalue weighted by molar-refractivity contribution is 6.47. The molecule has 1 heterocycles. The first kappa shape index (κ1) is 16.7. The summed E-state index contributed by atoms with van der Waals surface area (Å²) < 4.78 is 13.0. The molecule has 4 fully saturated rings. The van der Waals surface area contributed by atoms with Crippen molar-refractivity contribution in [3.05, 3.63) is 35.9 Å². The Morgan fingerprint density at radius 3 is 2.38 bits per heavy atom. The highest BCUT2D eigenvalue weighted by atomic mass is 16.6. The summed E-state index contributed by atoms with van der Waals surface area (Å²) in [7, 11) is -0.0599. The van der Waals surface area contributed by atoms with Crippen LogP contribution in [0.4, 0.5) is 0 Å². The van der Waals surface area contributed by atoms with E-state index >= 15 is 0 Å². The summed E-state index contributed by atoms with van der Waals surface area (Å²) in [5.74, 6) is 2.89. The van der Waals surface area contributed by atoms with Crippen LogP contribution < -0.4 is 0 Å². The molecule has 0 unspecified atom stereocenters. The zero-order chi connectivity index (χ0) is 17.1. The van der Waals surface area contributed by atoms with Gasteiger partial charge in [0.2, 0.25) is 0 Å². The quantitative estimate of drug-likeness (QED) is 0.668. The van der Waals surface area contributed by atoms with Crippen molar-refractivity contribution in [1.29, 1.82) is 0 Å². The van der Waals surface area contributed by atoms with Gasteiger partial charge in [-0.1, -0.05) is 51.1 Å². The normalized spacial score (nSPS) is 40.0. The minimum atomic E-state index is -0.125. The molecule has 4 aliphatic rings. The smallest absolute Gasteiger partial charge is 0.406 e. The molecule has 5 atom stereocenters. The Morgan fingerprint density at radius 1 is 1.04 bits per heavy atom. The number of hydrogen-bond donors (Lipinski definition) is 0. The van der Waals surface area contributed by atoms with Crippen LogP contribution in [-0.4, -0.2) is 12.7 Å². The minimum Gasteiger partial charge on any atom is -0.406 e. The summed E-state index contributed by atoms with van der Waals surface area (Å²) in [5, 5.41) is 0. The predicted molar refractivity (Wildman–Crippen MR) is 98.7 cm³/mol. The van der Waals surface area contributed by atoms with Gasteiger partial charge in [0.05, 0.1) is 11.7 Å². The van der Waals surface area contributed by atoms with E-state index in [0.29, 0.717) is 17.2 Å². The van der Waals surface area contributed by atoms with Gasteiger partial charge in [0, 0.05) is 6.42 Å². The number of benzene rings is 1. The average Bonchev–Trinajstić information content (AvgIpc) is 2.53. The standard InChI is InChI=1S/C21H31BO2/c1-14-17-11-16(21(17,4)5)12-18(14)22-23-19(13-20(2,3)24-22)15-9-7-6-8-10-15/h6-10,14,16-19H,11-13H2,1-5H3/t14-,16-,17-,18-,19+/m0/s1. The largest absolute Gasteiger partial charge is 0.461 e. The highest BCUT2D eigenvalue weighted by Crippen LogP contribution is 2.65. The van der Waals surface area contributed by atoms with E-state index in [0.717, 1.165) is 18.3 Å². The lowest BCUT2D eigenvalue weighted by Crippen LogP contribution is -2.58. The molecule has 3 heteroatoms. The van der Waals surface area contributed by atoms with Crippen molar-refractivity contribution in [3.8, 4) is 0 Å². The van der Waals surface area contributed by atoms with Gasteiger partial charge in [0.25, 0.3) is 0 Å². The van der Waals surface area contributed by atoms with Crippen LogP contribution in [0.2, 0.25) is 5.82 Å². The summed E-state index contributed by atoms with van der Waals surface area (Å²) in [4.78, 5) is 0. The van der Waals surface area contributed by atoms with E-state index < -0.39 is 0 Å². The lowest BCUT2D eigenvalue weighted by atomic mass is 9.38. The molecule has 0 N–H and O–H groups in total. The molecule has 0 amide bonds. The van der Waals surface area contributed by atoms with E-state index in [2.05, 4.69) is 65.0 Å². The summed E-state index contributed by atoms with van der Waals surface area (Å²) in [5.41, 5.74) is 1.67. The molecule has 2 nitrogen and oxygen atoms in total. The van der Waals surface area contributed by atoms with E-state index in [-0.39, 0.29) is 18.8 Å². The number of fused-ring (bicyclic) bond motifs is 2. The van der Waals surface area contributed by atoms with E-state index in [4.69, 9.17) is 9.31 Å². The Labute approximate surface area is 147 Å². The summed E-state index contributed by atoms with van der Waals surface area (Å²) in [6.45, 7) is 11.8. The number of hydrogen-bond acceptors (Lipinski definition) is 2. The van der Waals surface area contributed by atoms with Crippen LogP contribution >= 0.6 is 0 Å². The fourth-order valence-corrected chi connectivity index (χ4v) is 5.65. The first-order chi connectivity index (χ1) is 11.3. The topological polar surface area (TPSA) is 18.5 Å². The first-order valence-electron chi connectivity index (χ1n) is 9.66. The van der Waals surface area contributed by atoms with Crippen LogP contribution in [0.5, 0.6) is 0 Å². The van der Waals surface area contributed by atoms with Gasteiger partial charge in [-0.15, -0.1) is 0 Å². The Kier molecular flexibility index (Phi) is 3.89. The van der Waals surface area contributed by atoms with Crippen LogP contribution in [0.3, 0.4) is 0 Å². The van der Waals surface area contributed by atoms with Gasteiger partial charge in [-0.2, -0.15) is 0 Å². The molecular weight excluding hydrogens is 295 g/mol. The van der Waals surface area contributed by atoms with Gasteiger partial charge in [0.15, 0.2) is 0 Å². The van der Waals surface area contributed by atoms with Crippen molar-refractivity contribution in [1.82, 2.24) is 0 Å². The van der Waals surface area contributed by atoms with E-state index in [1.54, 1.807) is 0 Å². The molecule has 1 saturated heterocycles. The minimum absolute atomic E-state index is 0.0599. The van der Waals surface area contributed by atoms with Crippen LogP contribution in [0.1, 0.15) is 65.5 Å². The molecule has 0 radical (unpaired) electrons. The van der Waals surface area contributed by atoms with Gasteiger partial charge < -0.3 is 9.31 Å². The zero-order valence-corrected chi connectivity index (χ0v) is 15.8. The Hall–Kier alpha value is -0.795. The molecule has 5 rings (SSSR count). The lowest BCUT2D eigenvalue weighted by Gasteiger charge is -2.63. The maximum atomic E-state index is 6.53. The monoisotopic (exact) mass is 326 g/mol. The fraction of sp³-hybridized carbons (Fsp3) is 0.714. The van der Waals surface area contributed by atoms with Crippen molar-refractivity contribution in [2.45, 2.75) is 71.4 Å². The third kappa shape index (κ3) is 2.65. The molecule has 1 aliphatic heterocycles. The first-order valence-corrected chi connectivity index (χ1v) is 9.66. The molecule has 3 aliphatic carbocycles. The SMILES string of the molecule is C[C@@H]1[C@@H](B2O[C@@H](c3ccccc3)CC(C)(C)O2)C[C@@H]2C[C@@H]1C2(C)C. The Balaban J connectivity index is 1.55. The van der Waals surface area contributed by atoms with E-state index in [1.165, 1.54) is 18.4 Å². The number of rotatable bonds is 2. The van der Waals surface area contributed by atoms with E-state index in [1.807, 2.05) is 0 Å². The van der Waals surface area contributed by atoms with Gasteiger partial charge in [-0.05, 0) is 61.2 Å². The molecule has 0 aromatic heterocycles. The van der Waals surface area contributed by atoms with Crippen LogP contribution in [-0.2, 0) is 9.31 Å². The molecule has 24 heavy (non-hydrogen) atoms. The molecule has 2 bridgehead atoms. The fourth-order valence-electron chi connectivity index (χ4n) is 5.65. The summed E-state index contributed by atoms with van der Waals surface area (Å²) in [6, 6.07) is 10.7. The third-order valence-electron chi connectivity index (χ3n) is 7.34. The van der Waals surface area contributed by atoms with Gasteiger partial charge in [-0.3, -0.25) is 0 Å². The van der Waals surface area contributed by atoms with Crippen LogP contribution in [0, 0.1) is 23.2 Å². The molecule has 3 saturated carbocycles. The van der Waals surface area contributed by atoms with Crippen molar-refractivity contribution in [2.75, 3.05) is 0 Å². The van der Waals surface area contributed by atoms with Crippen molar-refractivity contribution in [2.24, 2.45) is 23.2 Å². The predicted octanol–water partition coefficient (Wildman–Crippen LogP) is 5.50. The molecule has 1 aromatic carbocycles. The second-order valence-corrected chi connectivity index (χ2v) is 9.60. The lowest BCUT2D eigenvalue weighted by molar-refractivity contribution is -0.115. The van der Waals surface area contributed by atoms with Crippen molar-refractivity contribution in [3.63, 3.8) is 0 Å². The maximum absolute atomic E-state index is 6.53. The second kappa shape index (κ2) is 5.61. The highest BCUT2D eigenvalue weighted by Gasteiger charge is 2.60. The van der Waals surface area contributed by atoms with Gasteiger partial charge >= 0.3 is 7.12 Å². The zero-order valence-electron chi connectivity index (χ0n) is 15.8. The van der Waals surface area contributed by atoms with Gasteiger partial charge in [-0.25, -0.2) is 0 Å². The summed E-state index contributed by atoms with van der Waals surface area (Å²) >= 11 is 0. The van der Waals surface area contributed by atoms with Crippen molar-refractivity contribution >= 4 is 7.12 Å². The van der Waals surface area contributed by atoms with Crippen molar-refractivity contribution < 1.29 is 9.31 Å². The third-order valence-corrected chi connectivity index (χ3v) is 7.34.